The van der Waals surface area contributed by atoms with E-state index in [9.17, 15) is 22.8 Å². The van der Waals surface area contributed by atoms with Crippen LogP contribution in [0, 0.1) is 0 Å². The van der Waals surface area contributed by atoms with Crippen LogP contribution in [0.4, 0.5) is 13.2 Å². The van der Waals surface area contributed by atoms with Gasteiger partial charge in [0.25, 0.3) is 5.91 Å². The third-order valence-corrected chi connectivity index (χ3v) is 3.05. The van der Waals surface area contributed by atoms with Crippen molar-refractivity contribution >= 4 is 33.9 Å². The second-order valence-electron chi connectivity index (χ2n) is 3.40. The number of carbonyl (C=O) groups is 2. The van der Waals surface area contributed by atoms with Gasteiger partial charge in [-0.2, -0.15) is 13.2 Å². The summed E-state index contributed by atoms with van der Waals surface area (Å²) in [4.78, 5) is 25.0. The number of hydrogen-bond donors (Lipinski definition) is 2. The number of nitrogens with zero attached hydrogens (tertiary/aromatic N) is 1. The van der Waals surface area contributed by atoms with Crippen molar-refractivity contribution in [2.75, 3.05) is 0 Å². The number of hydrazine groups is 1. The lowest BCUT2D eigenvalue weighted by molar-refractivity contribution is -0.141. The third kappa shape index (κ3) is 2.65. The zero-order chi connectivity index (χ0) is 14.0. The van der Waals surface area contributed by atoms with Gasteiger partial charge in [-0.05, 0) is 17.5 Å². The fourth-order valence-electron chi connectivity index (χ4n) is 1.45. The van der Waals surface area contributed by atoms with Gasteiger partial charge in [0.2, 0.25) is 6.41 Å². The van der Waals surface area contributed by atoms with Gasteiger partial charge in [-0.1, -0.05) is 0 Å². The van der Waals surface area contributed by atoms with E-state index in [-0.39, 0.29) is 11.9 Å². The van der Waals surface area contributed by atoms with Crippen LogP contribution >= 0.6 is 11.3 Å². The summed E-state index contributed by atoms with van der Waals surface area (Å²) < 4.78 is 39.0. The molecule has 0 aliphatic heterocycles. The van der Waals surface area contributed by atoms with Crippen LogP contribution in [-0.2, 0) is 11.0 Å². The first kappa shape index (κ1) is 13.3. The van der Waals surface area contributed by atoms with E-state index in [0.717, 1.165) is 17.4 Å². The minimum absolute atomic E-state index is 0.141. The molecular weight excluding hydrogens is 283 g/mol. The maximum absolute atomic E-state index is 12.8. The van der Waals surface area contributed by atoms with E-state index in [1.54, 1.807) is 10.8 Å². The highest BCUT2D eigenvalue weighted by atomic mass is 32.1. The molecule has 19 heavy (non-hydrogen) atoms. The molecule has 100 valence electrons. The average Bonchev–Trinajstić information content (AvgIpc) is 2.80. The van der Waals surface area contributed by atoms with Crippen molar-refractivity contribution in [3.63, 3.8) is 0 Å². The molecule has 0 aliphatic rings. The molecule has 0 bridgehead atoms. The van der Waals surface area contributed by atoms with Gasteiger partial charge < -0.3 is 0 Å². The highest BCUT2D eigenvalue weighted by molar-refractivity contribution is 7.17. The number of thiophene rings is 1. The number of alkyl halides is 3. The molecule has 2 heterocycles. The van der Waals surface area contributed by atoms with Crippen LogP contribution in [0.1, 0.15) is 16.1 Å². The second kappa shape index (κ2) is 4.84. The highest BCUT2D eigenvalue weighted by Gasteiger charge is 2.37. The summed E-state index contributed by atoms with van der Waals surface area (Å²) in [5, 5.41) is 1.57. The molecule has 2 N–H and O–H groups in total. The summed E-state index contributed by atoms with van der Waals surface area (Å²) in [5.41, 5.74) is 1.85. The fraction of sp³-hybridized carbons (Fsp3) is 0.100. The minimum Gasteiger partial charge on any atom is -0.277 e. The summed E-state index contributed by atoms with van der Waals surface area (Å²) in [6.45, 7) is 0. The number of nitrogens with one attached hydrogen (secondary N) is 2. The predicted molar refractivity (Wildman–Crippen MR) is 61.3 cm³/mol. The first-order valence-electron chi connectivity index (χ1n) is 4.88. The monoisotopic (exact) mass is 289 g/mol. The molecule has 0 atom stereocenters. The van der Waals surface area contributed by atoms with Crippen molar-refractivity contribution in [1.29, 1.82) is 0 Å². The molecule has 0 fully saturated rings. The standard InChI is InChI=1S/C10H6F3N3O2S/c11-10(12,13)8-5(9(18)16-14-4-17)3-7-6(15-8)1-2-19-7/h1-4H,(H,14,17)(H,16,18). The van der Waals surface area contributed by atoms with Gasteiger partial charge in [-0.3, -0.25) is 20.4 Å². The molecule has 0 aromatic carbocycles. The summed E-state index contributed by atoms with van der Waals surface area (Å²) in [6, 6.07) is 2.53. The Balaban J connectivity index is 2.55. The molecule has 5 nitrogen and oxygen atoms in total. The maximum Gasteiger partial charge on any atom is 0.434 e. The van der Waals surface area contributed by atoms with E-state index in [1.165, 1.54) is 6.07 Å². The summed E-state index contributed by atoms with van der Waals surface area (Å²) in [5.74, 6) is -1.08. The van der Waals surface area contributed by atoms with Gasteiger partial charge in [-0.15, -0.1) is 11.3 Å². The van der Waals surface area contributed by atoms with Crippen molar-refractivity contribution in [2.24, 2.45) is 0 Å². The first-order valence-corrected chi connectivity index (χ1v) is 5.76. The lowest BCUT2D eigenvalue weighted by atomic mass is 10.1. The van der Waals surface area contributed by atoms with Gasteiger partial charge in [0.05, 0.1) is 15.8 Å². The van der Waals surface area contributed by atoms with Crippen molar-refractivity contribution in [1.82, 2.24) is 15.8 Å². The highest BCUT2D eigenvalue weighted by Crippen LogP contribution is 2.33. The number of hydrogen-bond acceptors (Lipinski definition) is 4. The van der Waals surface area contributed by atoms with Crippen LogP contribution in [0.15, 0.2) is 17.5 Å². The van der Waals surface area contributed by atoms with Crippen molar-refractivity contribution in [3.8, 4) is 0 Å². The van der Waals surface area contributed by atoms with Crippen molar-refractivity contribution < 1.29 is 22.8 Å². The van der Waals surface area contributed by atoms with E-state index >= 15 is 0 Å². The van der Waals surface area contributed by atoms with Crippen LogP contribution in [-0.4, -0.2) is 17.3 Å². The van der Waals surface area contributed by atoms with E-state index in [0.29, 0.717) is 4.70 Å². The lowest BCUT2D eigenvalue weighted by Gasteiger charge is -2.11. The van der Waals surface area contributed by atoms with E-state index in [2.05, 4.69) is 4.98 Å². The topological polar surface area (TPSA) is 71.1 Å². The van der Waals surface area contributed by atoms with E-state index in [4.69, 9.17) is 0 Å². The minimum atomic E-state index is -4.76. The van der Waals surface area contributed by atoms with Crippen LogP contribution in [0.3, 0.4) is 0 Å². The Kier molecular flexibility index (Phi) is 3.38. The Morgan fingerprint density at radius 1 is 1.42 bits per heavy atom. The zero-order valence-electron chi connectivity index (χ0n) is 9.12. The number of carbonyl (C=O) groups excluding carboxylic acids is 2. The Labute approximate surface area is 108 Å². The maximum atomic E-state index is 12.8. The molecule has 0 saturated carbocycles. The molecule has 9 heteroatoms. The molecule has 2 aromatic heterocycles. The van der Waals surface area contributed by atoms with Gasteiger partial charge >= 0.3 is 6.18 Å². The Morgan fingerprint density at radius 3 is 2.79 bits per heavy atom. The second-order valence-corrected chi connectivity index (χ2v) is 4.35. The molecule has 2 aromatic rings. The third-order valence-electron chi connectivity index (χ3n) is 2.19. The molecule has 0 unspecified atom stereocenters. The normalized spacial score (nSPS) is 11.3. The Bertz CT molecular complexity index is 638. The largest absolute Gasteiger partial charge is 0.434 e. The fourth-order valence-corrected chi connectivity index (χ4v) is 2.21. The Morgan fingerprint density at radius 2 is 2.16 bits per heavy atom. The summed E-state index contributed by atoms with van der Waals surface area (Å²) in [6.07, 6.45) is -4.62. The lowest BCUT2D eigenvalue weighted by Crippen LogP contribution is -2.37. The Hall–Kier alpha value is -2.16. The number of rotatable bonds is 3. The molecule has 0 spiro atoms. The van der Waals surface area contributed by atoms with Crippen LogP contribution in [0.2, 0.25) is 0 Å². The van der Waals surface area contributed by atoms with Crippen LogP contribution < -0.4 is 10.9 Å². The molecule has 2 amide bonds. The number of halogens is 3. The van der Waals surface area contributed by atoms with E-state index in [1.807, 2.05) is 5.43 Å². The molecule has 0 aliphatic carbocycles. The van der Waals surface area contributed by atoms with Crippen LogP contribution in [0.5, 0.6) is 0 Å². The van der Waals surface area contributed by atoms with Crippen LogP contribution in [0.25, 0.3) is 10.2 Å². The first-order chi connectivity index (χ1) is 8.93. The SMILES string of the molecule is O=CNNC(=O)c1cc2sccc2nc1C(F)(F)F. The van der Waals surface area contributed by atoms with Gasteiger partial charge in [0.1, 0.15) is 0 Å². The smallest absolute Gasteiger partial charge is 0.277 e. The van der Waals surface area contributed by atoms with Crippen molar-refractivity contribution in [3.05, 3.63) is 28.8 Å². The van der Waals surface area contributed by atoms with Gasteiger partial charge in [0, 0.05) is 0 Å². The number of amides is 2. The zero-order valence-corrected chi connectivity index (χ0v) is 9.93. The summed E-state index contributed by atoms with van der Waals surface area (Å²) >= 11 is 1.16. The van der Waals surface area contributed by atoms with E-state index < -0.39 is 23.3 Å². The summed E-state index contributed by atoms with van der Waals surface area (Å²) in [7, 11) is 0. The number of aromatic nitrogens is 1. The molecular formula is C10H6F3N3O2S. The quantitative estimate of drug-likeness (QED) is 0.667. The number of pyridine rings is 1. The van der Waals surface area contributed by atoms with Gasteiger partial charge in [0.15, 0.2) is 5.69 Å². The predicted octanol–water partition coefficient (Wildman–Crippen LogP) is 1.71. The molecule has 0 saturated heterocycles. The molecule has 0 radical (unpaired) electrons. The number of fused-ring (bicyclic) bond motifs is 1. The average molecular weight is 289 g/mol. The van der Waals surface area contributed by atoms with Gasteiger partial charge in [-0.25, -0.2) is 4.98 Å². The van der Waals surface area contributed by atoms with Crippen molar-refractivity contribution in [2.45, 2.75) is 6.18 Å². The molecule has 2 rings (SSSR count).